The van der Waals surface area contributed by atoms with Crippen molar-refractivity contribution in [3.05, 3.63) is 46.0 Å². The fraction of sp³-hybridized carbons (Fsp3) is 0.524. The number of benzene rings is 1. The highest BCUT2D eigenvalue weighted by Crippen LogP contribution is 2.49. The first-order chi connectivity index (χ1) is 11.4. The van der Waals surface area contributed by atoms with Crippen molar-refractivity contribution < 1.29 is 10.2 Å². The molecule has 2 atom stereocenters. The molecule has 24 heavy (non-hydrogen) atoms. The molecule has 2 rings (SSSR count). The molecule has 2 nitrogen and oxygen atoms in total. The lowest BCUT2D eigenvalue weighted by Gasteiger charge is -2.31. The number of rotatable bonds is 6. The minimum atomic E-state index is -0.0709. The van der Waals surface area contributed by atoms with Crippen LogP contribution < -0.4 is 0 Å². The van der Waals surface area contributed by atoms with E-state index in [1.807, 2.05) is 6.92 Å². The lowest BCUT2D eigenvalue weighted by Crippen LogP contribution is -2.17. The molecule has 1 aromatic carbocycles. The smallest absolute Gasteiger partial charge is 0.141 e. The number of phenols is 2. The fourth-order valence-corrected chi connectivity index (χ4v) is 3.93. The maximum atomic E-state index is 10.7. The summed E-state index contributed by atoms with van der Waals surface area (Å²) in [5, 5.41) is 21.7. The Morgan fingerprint density at radius 2 is 2.04 bits per heavy atom. The Labute approximate surface area is 150 Å². The molecule has 0 amide bonds. The largest absolute Gasteiger partial charge is 0.507 e. The van der Waals surface area contributed by atoms with E-state index in [1.165, 1.54) is 5.57 Å². The summed E-state index contributed by atoms with van der Waals surface area (Å²) in [5.74, 6) is 0.321. The Morgan fingerprint density at radius 3 is 2.67 bits per heavy atom. The van der Waals surface area contributed by atoms with Crippen molar-refractivity contribution in [2.24, 2.45) is 5.92 Å². The molecule has 1 aliphatic rings. The van der Waals surface area contributed by atoms with E-state index in [9.17, 15) is 10.2 Å². The van der Waals surface area contributed by atoms with Gasteiger partial charge in [-0.15, -0.1) is 0 Å². The number of hydrogen-bond acceptors (Lipinski definition) is 2. The Bertz CT molecular complexity index is 646. The van der Waals surface area contributed by atoms with Gasteiger partial charge in [-0.05, 0) is 57.1 Å². The third-order valence-electron chi connectivity index (χ3n) is 5.10. The van der Waals surface area contributed by atoms with Gasteiger partial charge in [-0.3, -0.25) is 0 Å². The van der Waals surface area contributed by atoms with Crippen molar-refractivity contribution >= 4 is 11.6 Å². The molecule has 3 heteroatoms. The zero-order chi connectivity index (χ0) is 17.9. The highest BCUT2D eigenvalue weighted by Gasteiger charge is 2.31. The van der Waals surface area contributed by atoms with Crippen molar-refractivity contribution in [3.63, 3.8) is 0 Å². The van der Waals surface area contributed by atoms with Crippen LogP contribution in [0.1, 0.15) is 69.9 Å². The predicted molar refractivity (Wildman–Crippen MR) is 102 cm³/mol. The number of allylic oxidation sites excluding steroid dienone is 3. The van der Waals surface area contributed by atoms with Crippen molar-refractivity contribution in [2.45, 2.75) is 65.2 Å². The van der Waals surface area contributed by atoms with Crippen molar-refractivity contribution in [1.82, 2.24) is 0 Å². The number of halogens is 1. The lowest BCUT2D eigenvalue weighted by molar-refractivity contribution is 0.406. The summed E-state index contributed by atoms with van der Waals surface area (Å²) >= 11 is 6.43. The second-order valence-corrected chi connectivity index (χ2v) is 7.50. The zero-order valence-electron chi connectivity index (χ0n) is 15.0. The highest BCUT2D eigenvalue weighted by molar-refractivity contribution is 6.33. The number of phenolic OH excluding ortho intramolecular Hbond substituents is 2. The molecule has 0 spiro atoms. The first kappa shape index (κ1) is 18.9. The summed E-state index contributed by atoms with van der Waals surface area (Å²) < 4.78 is 0. The maximum absolute atomic E-state index is 10.7. The Hall–Kier alpha value is -1.41. The van der Waals surface area contributed by atoms with Crippen molar-refractivity contribution in [2.75, 3.05) is 0 Å². The SMILES string of the molecule is C=C(C)C1CCC(C)=CC1c1c(O)cc(CCCCC)c(Cl)c1O. The predicted octanol–water partition coefficient (Wildman–Crippen LogP) is 6.50. The molecule has 0 aliphatic heterocycles. The summed E-state index contributed by atoms with van der Waals surface area (Å²) in [6.07, 6.45) is 8.17. The van der Waals surface area contributed by atoms with Gasteiger partial charge in [0.2, 0.25) is 0 Å². The van der Waals surface area contributed by atoms with E-state index < -0.39 is 0 Å². The zero-order valence-corrected chi connectivity index (χ0v) is 15.8. The van der Waals surface area contributed by atoms with Crippen LogP contribution in [-0.4, -0.2) is 10.2 Å². The van der Waals surface area contributed by atoms with E-state index in [0.717, 1.165) is 49.7 Å². The van der Waals surface area contributed by atoms with Gasteiger partial charge in [0.15, 0.2) is 0 Å². The van der Waals surface area contributed by atoms with Crippen molar-refractivity contribution in [3.8, 4) is 11.5 Å². The Balaban J connectivity index is 2.44. The molecular weight excluding hydrogens is 320 g/mol. The molecule has 0 bridgehead atoms. The van der Waals surface area contributed by atoms with E-state index in [2.05, 4.69) is 26.5 Å². The van der Waals surface area contributed by atoms with Gasteiger partial charge in [0, 0.05) is 11.5 Å². The molecule has 0 heterocycles. The van der Waals surface area contributed by atoms with E-state index >= 15 is 0 Å². The second kappa shape index (κ2) is 8.11. The van der Waals surface area contributed by atoms with Gasteiger partial charge in [0.1, 0.15) is 11.5 Å². The summed E-state index contributed by atoms with van der Waals surface area (Å²) in [5.41, 5.74) is 3.73. The van der Waals surface area contributed by atoms with Gasteiger partial charge in [-0.1, -0.05) is 55.2 Å². The van der Waals surface area contributed by atoms with Crippen LogP contribution in [0.5, 0.6) is 11.5 Å². The number of unbranched alkanes of at least 4 members (excludes halogenated alkanes) is 2. The summed E-state index contributed by atoms with van der Waals surface area (Å²) in [7, 11) is 0. The molecule has 132 valence electrons. The average Bonchev–Trinajstić information content (AvgIpc) is 2.52. The van der Waals surface area contributed by atoms with Crippen LogP contribution in [0.25, 0.3) is 0 Å². The van der Waals surface area contributed by atoms with Crippen molar-refractivity contribution in [1.29, 1.82) is 0 Å². The fourth-order valence-electron chi connectivity index (χ4n) is 3.68. The number of hydrogen-bond donors (Lipinski definition) is 2. The number of aromatic hydroxyl groups is 2. The minimum absolute atomic E-state index is 0.0327. The second-order valence-electron chi connectivity index (χ2n) is 7.12. The first-order valence-electron chi connectivity index (χ1n) is 8.92. The summed E-state index contributed by atoms with van der Waals surface area (Å²) in [4.78, 5) is 0. The minimum Gasteiger partial charge on any atom is -0.507 e. The van der Waals surface area contributed by atoms with Gasteiger partial charge in [-0.25, -0.2) is 0 Å². The van der Waals surface area contributed by atoms with Gasteiger partial charge in [-0.2, -0.15) is 0 Å². The summed E-state index contributed by atoms with van der Waals surface area (Å²) in [6.45, 7) is 10.4. The van der Waals surface area contributed by atoms with Crippen LogP contribution in [0.15, 0.2) is 29.9 Å². The van der Waals surface area contributed by atoms with Crippen LogP contribution in [0.4, 0.5) is 0 Å². The molecule has 0 aromatic heterocycles. The normalized spacial score (nSPS) is 20.8. The van der Waals surface area contributed by atoms with Crippen LogP contribution in [0, 0.1) is 5.92 Å². The van der Waals surface area contributed by atoms with Gasteiger partial charge in [0.25, 0.3) is 0 Å². The molecule has 1 aliphatic carbocycles. The molecule has 2 unspecified atom stereocenters. The standard InChI is InChI=1S/C21H29ClO2/c1-5-6-7-8-15-12-18(23)19(21(24)20(15)22)17-11-14(4)9-10-16(17)13(2)3/h11-12,16-17,23-24H,2,5-10H2,1,3-4H3. The number of aryl methyl sites for hydroxylation is 1. The third kappa shape index (κ3) is 3.97. The van der Waals surface area contributed by atoms with Crippen LogP contribution in [0.2, 0.25) is 5.02 Å². The average molecular weight is 349 g/mol. The Morgan fingerprint density at radius 1 is 1.33 bits per heavy atom. The van der Waals surface area contributed by atoms with E-state index in [0.29, 0.717) is 10.6 Å². The maximum Gasteiger partial charge on any atom is 0.141 e. The molecule has 2 N–H and O–H groups in total. The quantitative estimate of drug-likeness (QED) is 0.455. The molecule has 0 saturated carbocycles. The first-order valence-corrected chi connectivity index (χ1v) is 9.30. The molecular formula is C21H29ClO2. The summed E-state index contributed by atoms with van der Waals surface area (Å²) in [6, 6.07) is 1.74. The van der Waals surface area contributed by atoms with E-state index in [1.54, 1.807) is 6.07 Å². The van der Waals surface area contributed by atoms with E-state index in [4.69, 9.17) is 11.6 Å². The highest BCUT2D eigenvalue weighted by atomic mass is 35.5. The van der Waals surface area contributed by atoms with Gasteiger partial charge < -0.3 is 10.2 Å². The third-order valence-corrected chi connectivity index (χ3v) is 5.52. The van der Waals surface area contributed by atoms with Gasteiger partial charge >= 0.3 is 0 Å². The topological polar surface area (TPSA) is 40.5 Å². The van der Waals surface area contributed by atoms with Crippen LogP contribution in [0.3, 0.4) is 0 Å². The van der Waals surface area contributed by atoms with Crippen LogP contribution in [-0.2, 0) is 6.42 Å². The molecule has 1 aromatic rings. The van der Waals surface area contributed by atoms with Gasteiger partial charge in [0.05, 0.1) is 5.02 Å². The monoisotopic (exact) mass is 348 g/mol. The lowest BCUT2D eigenvalue weighted by atomic mass is 9.73. The molecule has 0 saturated heterocycles. The Kier molecular flexibility index (Phi) is 6.40. The van der Waals surface area contributed by atoms with Crippen LogP contribution >= 0.6 is 11.6 Å². The van der Waals surface area contributed by atoms with E-state index in [-0.39, 0.29) is 23.3 Å². The molecule has 0 fully saturated rings. The molecule has 0 radical (unpaired) electrons.